The lowest BCUT2D eigenvalue weighted by molar-refractivity contribution is 0.102. The average molecular weight is 467 g/mol. The van der Waals surface area contributed by atoms with Crippen LogP contribution in [0.15, 0.2) is 74.2 Å². The maximum atomic E-state index is 12.2. The van der Waals surface area contributed by atoms with Crippen LogP contribution in [0.25, 0.3) is 18.0 Å². The van der Waals surface area contributed by atoms with Crippen molar-refractivity contribution in [1.82, 2.24) is 19.7 Å². The second kappa shape index (κ2) is 10.9. The minimum Gasteiger partial charge on any atom is -0.505 e. The van der Waals surface area contributed by atoms with Gasteiger partial charge in [-0.2, -0.15) is 15.0 Å². The molecular weight excluding hydrogens is 444 g/mol. The van der Waals surface area contributed by atoms with E-state index in [-0.39, 0.29) is 17.0 Å². The molecule has 0 aliphatic heterocycles. The Morgan fingerprint density at radius 2 is 1.83 bits per heavy atom. The summed E-state index contributed by atoms with van der Waals surface area (Å²) in [7, 11) is 0. The van der Waals surface area contributed by atoms with Gasteiger partial charge in [-0.1, -0.05) is 37.4 Å². The lowest BCUT2D eigenvalue weighted by Gasteiger charge is -2.12. The van der Waals surface area contributed by atoms with E-state index < -0.39 is 5.91 Å². The van der Waals surface area contributed by atoms with Gasteiger partial charge in [0, 0.05) is 18.0 Å². The largest absolute Gasteiger partial charge is 0.505 e. The third kappa shape index (κ3) is 5.32. The highest BCUT2D eigenvalue weighted by molar-refractivity contribution is 6.08. The molecule has 10 nitrogen and oxygen atoms in total. The van der Waals surface area contributed by atoms with E-state index in [2.05, 4.69) is 33.5 Å². The molecule has 35 heavy (non-hydrogen) atoms. The van der Waals surface area contributed by atoms with Crippen LogP contribution in [-0.4, -0.2) is 30.8 Å². The number of phenolic OH excluding ortho intramolecular Hbond substituents is 1. The Bertz CT molecular complexity index is 1410. The van der Waals surface area contributed by atoms with E-state index >= 15 is 0 Å². The van der Waals surface area contributed by atoms with E-state index in [1.54, 1.807) is 48.8 Å². The van der Waals surface area contributed by atoms with Gasteiger partial charge in [-0.15, -0.1) is 0 Å². The third-order valence-corrected chi connectivity index (χ3v) is 4.78. The van der Waals surface area contributed by atoms with Gasteiger partial charge in [-0.25, -0.2) is 9.97 Å². The highest BCUT2D eigenvalue weighted by Gasteiger charge is 2.18. The van der Waals surface area contributed by atoms with E-state index in [1.165, 1.54) is 23.0 Å². The molecule has 0 saturated heterocycles. The van der Waals surface area contributed by atoms with Crippen molar-refractivity contribution in [2.24, 2.45) is 0 Å². The van der Waals surface area contributed by atoms with Gasteiger partial charge in [-0.3, -0.25) is 4.79 Å². The van der Waals surface area contributed by atoms with Crippen LogP contribution in [0.1, 0.15) is 27.0 Å². The number of nitrogens with one attached hydrogen (secondary N) is 1. The van der Waals surface area contributed by atoms with E-state index in [0.717, 1.165) is 0 Å². The first-order valence-electron chi connectivity index (χ1n) is 10.2. The Morgan fingerprint density at radius 3 is 2.37 bits per heavy atom. The van der Waals surface area contributed by atoms with Gasteiger partial charge in [0.1, 0.15) is 23.3 Å². The van der Waals surface area contributed by atoms with Crippen LogP contribution in [0.4, 0.5) is 17.3 Å². The van der Waals surface area contributed by atoms with E-state index in [9.17, 15) is 9.90 Å². The van der Waals surface area contributed by atoms with Crippen molar-refractivity contribution >= 4 is 35.4 Å². The smallest absolute Gasteiger partial charge is 0.260 e. The number of anilines is 3. The zero-order chi connectivity index (χ0) is 25.4. The van der Waals surface area contributed by atoms with Crippen molar-refractivity contribution in [1.29, 1.82) is 5.26 Å². The predicted octanol–water partition coefficient (Wildman–Crippen LogP) is 3.63. The van der Waals surface area contributed by atoms with Crippen LogP contribution in [0.2, 0.25) is 0 Å². The fourth-order valence-corrected chi connectivity index (χ4v) is 3.03. The molecule has 6 N–H and O–H groups in total. The first-order valence-corrected chi connectivity index (χ1v) is 10.2. The number of pyridine rings is 2. The Balaban J connectivity index is 0.000000211. The van der Waals surface area contributed by atoms with Gasteiger partial charge < -0.3 is 21.9 Å². The number of aromatic hydroxyl groups is 1. The number of amides is 1. The van der Waals surface area contributed by atoms with Crippen molar-refractivity contribution in [3.8, 4) is 17.6 Å². The summed E-state index contributed by atoms with van der Waals surface area (Å²) in [5.74, 6) is 0.506. The summed E-state index contributed by atoms with van der Waals surface area (Å²) in [6, 6.07) is 14.0. The highest BCUT2D eigenvalue weighted by Crippen LogP contribution is 2.33. The average Bonchev–Trinajstić information content (AvgIpc) is 3.27. The topological polar surface area (TPSA) is 169 Å². The Labute approximate surface area is 201 Å². The van der Waals surface area contributed by atoms with Crippen LogP contribution < -0.4 is 16.8 Å². The maximum Gasteiger partial charge on any atom is 0.260 e. The van der Waals surface area contributed by atoms with Gasteiger partial charge in [0.2, 0.25) is 0 Å². The Kier molecular flexibility index (Phi) is 7.56. The molecule has 174 valence electrons. The molecule has 0 unspecified atom stereocenters. The Hall–Kier alpha value is -5.43. The minimum absolute atomic E-state index is 0.0543. The molecule has 0 radical (unpaired) electrons. The highest BCUT2D eigenvalue weighted by atomic mass is 16.3. The molecule has 0 atom stereocenters. The van der Waals surface area contributed by atoms with Gasteiger partial charge in [0.05, 0.1) is 17.4 Å². The summed E-state index contributed by atoms with van der Waals surface area (Å²) in [6.07, 6.45) is 7.67. The summed E-state index contributed by atoms with van der Waals surface area (Å²) < 4.78 is 1.43. The molecule has 4 aromatic rings. The van der Waals surface area contributed by atoms with Crippen molar-refractivity contribution in [2.75, 3.05) is 16.8 Å². The molecule has 4 rings (SSSR count). The first-order chi connectivity index (χ1) is 16.9. The number of aromatic nitrogens is 4. The normalized spacial score (nSPS) is 9.80. The monoisotopic (exact) mass is 466 g/mol. The number of nitrogens with zero attached hydrogens (tertiary/aromatic N) is 5. The van der Waals surface area contributed by atoms with E-state index in [0.29, 0.717) is 34.1 Å². The van der Waals surface area contributed by atoms with Crippen molar-refractivity contribution in [3.63, 3.8) is 0 Å². The predicted molar refractivity (Wildman–Crippen MR) is 135 cm³/mol. The number of carbonyl (C=O) groups is 1. The number of nitrogens with two attached hydrogens (primary N) is 2. The summed E-state index contributed by atoms with van der Waals surface area (Å²) in [6.45, 7) is 7.30. The zero-order valence-electron chi connectivity index (χ0n) is 18.6. The molecule has 3 heterocycles. The number of benzene rings is 1. The number of nitrogen functional groups attached to an aromatic ring is 2. The number of rotatable bonds is 5. The first kappa shape index (κ1) is 24.2. The summed E-state index contributed by atoms with van der Waals surface area (Å²) in [5, 5.41) is 25.3. The molecule has 0 fully saturated rings. The van der Waals surface area contributed by atoms with Crippen LogP contribution in [0, 0.1) is 11.3 Å². The molecule has 0 spiro atoms. The van der Waals surface area contributed by atoms with Gasteiger partial charge in [0.15, 0.2) is 11.6 Å². The molecule has 3 aromatic heterocycles. The number of hydrogen-bond donors (Lipinski definition) is 4. The van der Waals surface area contributed by atoms with Gasteiger partial charge in [-0.05, 0) is 35.9 Å². The molecule has 0 bridgehead atoms. The SMILES string of the molecule is C=Cc1cc(C(=O)Nc2ccccn2)c(O)c(N)c1C=C.N#Cc1cnn(-c2ccccn2)c1N. The third-order valence-electron chi connectivity index (χ3n) is 4.78. The number of carbonyl (C=O) groups excluding carboxylic acids is 1. The maximum absolute atomic E-state index is 12.2. The van der Waals surface area contributed by atoms with E-state index in [1.807, 2.05) is 12.1 Å². The molecule has 0 aliphatic rings. The quantitative estimate of drug-likeness (QED) is 0.255. The second-order valence-electron chi connectivity index (χ2n) is 6.92. The molecule has 1 aromatic carbocycles. The fraction of sp³-hybridized carbons (Fsp3) is 0. The number of hydrogen-bond acceptors (Lipinski definition) is 8. The molecular formula is C25H22N8O2. The fourth-order valence-electron chi connectivity index (χ4n) is 3.03. The van der Waals surface area contributed by atoms with Crippen molar-refractivity contribution in [3.05, 3.63) is 96.5 Å². The van der Waals surface area contributed by atoms with Crippen molar-refractivity contribution < 1.29 is 9.90 Å². The van der Waals surface area contributed by atoms with Crippen LogP contribution >= 0.6 is 0 Å². The summed E-state index contributed by atoms with van der Waals surface area (Å²) in [5.41, 5.74) is 13.2. The number of phenols is 1. The molecule has 0 saturated carbocycles. The minimum atomic E-state index is -0.503. The van der Waals surface area contributed by atoms with Crippen LogP contribution in [0.3, 0.4) is 0 Å². The van der Waals surface area contributed by atoms with Gasteiger partial charge in [0.25, 0.3) is 5.91 Å². The lowest BCUT2D eigenvalue weighted by Crippen LogP contribution is -2.14. The lowest BCUT2D eigenvalue weighted by atomic mass is 9.99. The molecule has 1 amide bonds. The molecule has 10 heteroatoms. The zero-order valence-corrected chi connectivity index (χ0v) is 18.6. The van der Waals surface area contributed by atoms with Crippen molar-refractivity contribution in [2.45, 2.75) is 0 Å². The summed E-state index contributed by atoms with van der Waals surface area (Å²) in [4.78, 5) is 20.3. The Morgan fingerprint density at radius 1 is 1.11 bits per heavy atom. The second-order valence-corrected chi connectivity index (χ2v) is 6.92. The number of nitriles is 1. The summed E-state index contributed by atoms with van der Waals surface area (Å²) >= 11 is 0. The van der Waals surface area contributed by atoms with E-state index in [4.69, 9.17) is 16.7 Å². The van der Waals surface area contributed by atoms with Gasteiger partial charge >= 0.3 is 0 Å². The standard InChI is InChI=1S/C16H15N3O2.C9H7N5/c1-3-10-9-12(15(20)14(17)11(10)4-2)16(21)19-13-7-5-6-8-18-13;10-5-7-6-13-14(9(7)11)8-3-1-2-4-12-8/h3-9,20H,1-2,17H2,(H,18,19,21);1-4,6H,11H2. The van der Waals surface area contributed by atoms with Crippen LogP contribution in [-0.2, 0) is 0 Å². The molecule has 0 aliphatic carbocycles. The van der Waals surface area contributed by atoms with Crippen LogP contribution in [0.5, 0.6) is 5.75 Å².